The molecule has 3 heterocycles. The molecule has 1 aromatic carbocycles. The predicted molar refractivity (Wildman–Crippen MR) is 119 cm³/mol. The van der Waals surface area contributed by atoms with E-state index in [2.05, 4.69) is 42.4 Å². The molecule has 0 spiro atoms. The molecule has 1 unspecified atom stereocenters. The normalized spacial score (nSPS) is 12.4. The third kappa shape index (κ3) is 3.72. The number of halogens is 2. The molecule has 4 aromatic rings. The Labute approximate surface area is 184 Å². The Morgan fingerprint density at radius 2 is 2.10 bits per heavy atom. The van der Waals surface area contributed by atoms with Crippen LogP contribution in [0.25, 0.3) is 10.8 Å². The van der Waals surface area contributed by atoms with Crippen LogP contribution < -0.4 is 5.56 Å². The minimum atomic E-state index is -3.79. The summed E-state index contributed by atoms with van der Waals surface area (Å²) in [5.74, 6) is 0. The van der Waals surface area contributed by atoms with Gasteiger partial charge in [-0.15, -0.1) is 0 Å². The summed E-state index contributed by atoms with van der Waals surface area (Å²) < 4.78 is 28.5. The van der Waals surface area contributed by atoms with E-state index < -0.39 is 9.84 Å². The van der Waals surface area contributed by atoms with Gasteiger partial charge in [0.05, 0.1) is 40.1 Å². The second-order valence-corrected chi connectivity index (χ2v) is 10.5. The molecule has 4 rings (SSSR count). The average molecular weight is 563 g/mol. The Kier molecular flexibility index (Phi) is 5.49. The summed E-state index contributed by atoms with van der Waals surface area (Å²) >= 11 is 8.27. The van der Waals surface area contributed by atoms with Crippen LogP contribution in [0.4, 0.5) is 0 Å². The van der Waals surface area contributed by atoms with E-state index >= 15 is 0 Å². The fraction of sp³-hybridized carbons (Fsp3) is 0.125. The molecule has 0 aliphatic rings. The van der Waals surface area contributed by atoms with Crippen LogP contribution in [0.5, 0.6) is 0 Å². The second-order valence-electron chi connectivity index (χ2n) is 6.15. The van der Waals surface area contributed by atoms with Gasteiger partial charge in [0.25, 0.3) is 5.56 Å². The van der Waals surface area contributed by atoms with Gasteiger partial charge in [0.2, 0.25) is 9.84 Å². The smallest absolute Gasteiger partial charge is 0.274 e. The summed E-state index contributed by atoms with van der Waals surface area (Å²) in [6.45, 7) is 1.88. The zero-order valence-corrected chi connectivity index (χ0v) is 19.5. The molecule has 3 aromatic heterocycles. The van der Waals surface area contributed by atoms with Crippen LogP contribution in [0, 0.1) is 6.92 Å². The van der Waals surface area contributed by atoms with E-state index in [1.807, 2.05) is 0 Å². The summed E-state index contributed by atoms with van der Waals surface area (Å²) in [5.41, 5.74) is 0.846. The number of H-pyrrole nitrogens is 1. The molecular weight excluding hydrogens is 550 g/mol. The molecule has 0 saturated carbocycles. The van der Waals surface area contributed by atoms with Gasteiger partial charge >= 0.3 is 0 Å². The number of hydrogen-bond acceptors (Lipinski definition) is 6. The van der Waals surface area contributed by atoms with Crippen molar-refractivity contribution in [3.05, 3.63) is 63.4 Å². The number of sulfone groups is 1. The summed E-state index contributed by atoms with van der Waals surface area (Å²) in [4.78, 5) is 12.8. The van der Waals surface area contributed by atoms with Crippen molar-refractivity contribution in [3.63, 3.8) is 0 Å². The maximum absolute atomic E-state index is 12.8. The number of fused-ring (bicyclic) bond motifs is 1. The Bertz CT molecular complexity index is 1400. The zero-order valence-electron chi connectivity index (χ0n) is 14.8. The lowest BCUT2D eigenvalue weighted by Gasteiger charge is -2.07. The first-order chi connectivity index (χ1) is 13.8. The van der Waals surface area contributed by atoms with Gasteiger partial charge in [0, 0.05) is 11.6 Å². The molecule has 150 valence electrons. The van der Waals surface area contributed by atoms with Crippen molar-refractivity contribution >= 4 is 60.6 Å². The number of aryl methyl sites for hydroxylation is 1. The third-order valence-corrected chi connectivity index (χ3v) is 8.35. The highest BCUT2D eigenvalue weighted by Gasteiger charge is 2.22. The summed E-state index contributed by atoms with van der Waals surface area (Å²) in [7, 11) is -3.79. The monoisotopic (exact) mass is 562 g/mol. The lowest BCUT2D eigenvalue weighted by Crippen LogP contribution is -2.23. The quantitative estimate of drug-likeness (QED) is 0.295. The number of nitrogens with one attached hydrogen (secondary N) is 1. The fourth-order valence-corrected chi connectivity index (χ4v) is 5.28. The van der Waals surface area contributed by atoms with E-state index in [-0.39, 0.29) is 22.0 Å². The van der Waals surface area contributed by atoms with Gasteiger partial charge in [-0.05, 0) is 53.2 Å². The SMILES string of the molecule is Cc1[nH]nc(Cn2ncc3cc(S(=O)(=O)c4ccn(PI)n4)ccc3c2=O)c1Cl. The number of rotatable bonds is 5. The summed E-state index contributed by atoms with van der Waals surface area (Å²) in [6.07, 6.45) is 3.36. The number of aromatic amines is 1. The van der Waals surface area contributed by atoms with Crippen molar-refractivity contribution < 1.29 is 8.42 Å². The molecule has 0 amide bonds. The van der Waals surface area contributed by atoms with E-state index in [0.717, 1.165) is 0 Å². The minimum Gasteiger partial charge on any atom is -0.281 e. The Morgan fingerprint density at radius 1 is 1.31 bits per heavy atom. The molecule has 13 heteroatoms. The first-order valence-electron chi connectivity index (χ1n) is 8.18. The number of benzene rings is 1. The minimum absolute atomic E-state index is 0.0362. The van der Waals surface area contributed by atoms with E-state index in [1.54, 1.807) is 17.6 Å². The van der Waals surface area contributed by atoms with Crippen LogP contribution in [-0.4, -0.2) is 37.9 Å². The maximum Gasteiger partial charge on any atom is 0.274 e. The first kappa shape index (κ1) is 20.5. The Hall–Kier alpha value is -1.82. The molecule has 0 aliphatic carbocycles. The molecular formula is C16H13ClIN6O3PS. The molecule has 0 radical (unpaired) electrons. The van der Waals surface area contributed by atoms with E-state index in [0.29, 0.717) is 33.6 Å². The van der Waals surface area contributed by atoms with Crippen molar-refractivity contribution in [2.75, 3.05) is 0 Å². The van der Waals surface area contributed by atoms with Gasteiger partial charge in [0.1, 0.15) is 5.69 Å². The van der Waals surface area contributed by atoms with Crippen molar-refractivity contribution in [1.82, 2.24) is 29.5 Å². The Balaban J connectivity index is 1.74. The molecule has 0 aliphatic heterocycles. The van der Waals surface area contributed by atoms with Crippen LogP contribution in [0.2, 0.25) is 5.02 Å². The summed E-state index contributed by atoms with van der Waals surface area (Å²) in [5, 5.41) is 16.2. The average Bonchev–Trinajstić information content (AvgIpc) is 3.32. The summed E-state index contributed by atoms with van der Waals surface area (Å²) in [6, 6.07) is 5.77. The third-order valence-electron chi connectivity index (χ3n) is 4.30. The van der Waals surface area contributed by atoms with Crippen molar-refractivity contribution in [1.29, 1.82) is 0 Å². The highest BCUT2D eigenvalue weighted by molar-refractivity contribution is 14.2. The first-order valence-corrected chi connectivity index (χ1v) is 14.1. The van der Waals surface area contributed by atoms with Gasteiger partial charge in [-0.1, -0.05) is 11.6 Å². The van der Waals surface area contributed by atoms with Crippen molar-refractivity contribution in [3.8, 4) is 0 Å². The largest absolute Gasteiger partial charge is 0.281 e. The molecule has 0 bridgehead atoms. The highest BCUT2D eigenvalue weighted by Crippen LogP contribution is 2.27. The van der Waals surface area contributed by atoms with Gasteiger partial charge in [-0.3, -0.25) is 9.89 Å². The van der Waals surface area contributed by atoms with Crippen LogP contribution in [0.3, 0.4) is 0 Å². The van der Waals surface area contributed by atoms with Crippen molar-refractivity contribution in [2.45, 2.75) is 23.4 Å². The zero-order chi connectivity index (χ0) is 20.8. The molecule has 0 fully saturated rings. The number of nitrogens with zero attached hydrogens (tertiary/aromatic N) is 5. The topological polar surface area (TPSA) is 116 Å². The lowest BCUT2D eigenvalue weighted by molar-refractivity contribution is 0.591. The lowest BCUT2D eigenvalue weighted by atomic mass is 10.2. The van der Waals surface area contributed by atoms with Gasteiger partial charge < -0.3 is 0 Å². The number of hydrogen-bond donors (Lipinski definition) is 1. The highest BCUT2D eigenvalue weighted by atomic mass is 127. The molecule has 0 saturated heterocycles. The molecule has 9 nitrogen and oxygen atoms in total. The van der Waals surface area contributed by atoms with E-state index in [9.17, 15) is 13.2 Å². The van der Waals surface area contributed by atoms with Crippen LogP contribution in [0.15, 0.2) is 51.4 Å². The second kappa shape index (κ2) is 7.78. The van der Waals surface area contributed by atoms with Gasteiger partial charge in [-0.25, -0.2) is 17.6 Å². The van der Waals surface area contributed by atoms with Gasteiger partial charge in [0.15, 0.2) is 5.03 Å². The van der Waals surface area contributed by atoms with E-state index in [1.165, 1.54) is 35.1 Å². The standard InChI is InChI=1S/C16H13ClIN6O3PS/c1-9-15(17)13(21-20-9)8-23-16(25)12-3-2-11(6-10(12)7-19-23)29(26,27)14-4-5-24(22-14)28-18/h2-7,28H,8H2,1H3,(H,20,21). The molecule has 1 atom stereocenters. The van der Waals surface area contributed by atoms with Crippen molar-refractivity contribution in [2.24, 2.45) is 0 Å². The van der Waals surface area contributed by atoms with Crippen LogP contribution in [-0.2, 0) is 16.4 Å². The van der Waals surface area contributed by atoms with Crippen LogP contribution >= 0.6 is 40.0 Å². The maximum atomic E-state index is 12.8. The van der Waals surface area contributed by atoms with Crippen LogP contribution in [0.1, 0.15) is 11.4 Å². The molecule has 29 heavy (non-hydrogen) atoms. The van der Waals surface area contributed by atoms with E-state index in [4.69, 9.17) is 11.6 Å². The fourth-order valence-electron chi connectivity index (χ4n) is 2.78. The Morgan fingerprint density at radius 3 is 2.76 bits per heavy atom. The van der Waals surface area contributed by atoms with Gasteiger partial charge in [-0.2, -0.15) is 15.3 Å². The number of aromatic nitrogens is 6. The predicted octanol–water partition coefficient (Wildman–Crippen LogP) is 2.95. The molecule has 1 N–H and O–H groups in total.